The van der Waals surface area contributed by atoms with Crippen LogP contribution in [0.15, 0.2) is 60.2 Å². The molecule has 35 heavy (non-hydrogen) atoms. The van der Waals surface area contributed by atoms with E-state index in [4.69, 9.17) is 0 Å². The van der Waals surface area contributed by atoms with E-state index in [0.717, 1.165) is 33.9 Å². The topological polar surface area (TPSA) is 95.4 Å². The van der Waals surface area contributed by atoms with E-state index in [2.05, 4.69) is 23.1 Å². The Morgan fingerprint density at radius 1 is 1.03 bits per heavy atom. The van der Waals surface area contributed by atoms with Gasteiger partial charge < -0.3 is 14.4 Å². The Balaban J connectivity index is 1.56. The molecule has 0 unspecified atom stereocenters. The third-order valence-electron chi connectivity index (χ3n) is 6.44. The second kappa shape index (κ2) is 9.85. The van der Waals surface area contributed by atoms with Crippen molar-refractivity contribution in [1.29, 1.82) is 5.26 Å². The molecule has 1 fully saturated rings. The number of nitriles is 1. The molecule has 8 nitrogen and oxygen atoms in total. The lowest BCUT2D eigenvalue weighted by atomic mass is 10.1. The molecule has 0 radical (unpaired) electrons. The third kappa shape index (κ3) is 4.80. The summed E-state index contributed by atoms with van der Waals surface area (Å²) in [6, 6.07) is 18.9. The lowest BCUT2D eigenvalue weighted by Gasteiger charge is -2.36. The maximum absolute atomic E-state index is 13.2. The Hall–Kier alpha value is -4.38. The largest absolute Gasteiger partial charge is 0.368 e. The van der Waals surface area contributed by atoms with Gasteiger partial charge in [0, 0.05) is 61.1 Å². The number of hydrogen-bond acceptors (Lipinski definition) is 5. The summed E-state index contributed by atoms with van der Waals surface area (Å²) in [5, 5.41) is 20.9. The Morgan fingerprint density at radius 2 is 1.71 bits per heavy atom. The second-order valence-corrected chi connectivity index (χ2v) is 8.67. The van der Waals surface area contributed by atoms with Crippen LogP contribution in [0.1, 0.15) is 22.5 Å². The second-order valence-electron chi connectivity index (χ2n) is 8.67. The number of piperazine rings is 1. The van der Waals surface area contributed by atoms with Gasteiger partial charge in [-0.25, -0.2) is 0 Å². The Morgan fingerprint density at radius 3 is 2.31 bits per heavy atom. The fourth-order valence-electron chi connectivity index (χ4n) is 4.58. The number of rotatable bonds is 5. The van der Waals surface area contributed by atoms with Gasteiger partial charge in [0.05, 0.1) is 4.92 Å². The van der Waals surface area contributed by atoms with Crippen LogP contribution in [0.3, 0.4) is 0 Å². The first-order valence-electron chi connectivity index (χ1n) is 11.5. The van der Waals surface area contributed by atoms with E-state index in [-0.39, 0.29) is 17.2 Å². The van der Waals surface area contributed by atoms with Crippen LogP contribution in [-0.4, -0.2) is 46.5 Å². The monoisotopic (exact) mass is 469 g/mol. The van der Waals surface area contributed by atoms with Gasteiger partial charge in [0.1, 0.15) is 11.6 Å². The van der Waals surface area contributed by atoms with Crippen LogP contribution < -0.4 is 4.90 Å². The minimum atomic E-state index is -0.412. The molecule has 4 rings (SSSR count). The number of nitro groups is 1. The van der Waals surface area contributed by atoms with Crippen LogP contribution in [0.2, 0.25) is 0 Å². The van der Waals surface area contributed by atoms with E-state index in [9.17, 15) is 20.2 Å². The van der Waals surface area contributed by atoms with Gasteiger partial charge >= 0.3 is 0 Å². The van der Waals surface area contributed by atoms with E-state index in [1.807, 2.05) is 49.6 Å². The van der Waals surface area contributed by atoms with Crippen LogP contribution in [0.4, 0.5) is 11.4 Å². The maximum atomic E-state index is 13.2. The molecule has 0 aliphatic carbocycles. The van der Waals surface area contributed by atoms with Crippen LogP contribution in [-0.2, 0) is 4.79 Å². The van der Waals surface area contributed by atoms with E-state index in [0.29, 0.717) is 26.2 Å². The number of aromatic nitrogens is 1. The first-order chi connectivity index (χ1) is 16.8. The minimum absolute atomic E-state index is 0.0403. The molecular formula is C27H27N5O3. The first kappa shape index (κ1) is 23.8. The molecule has 1 amide bonds. The molecule has 178 valence electrons. The number of para-hydroxylation sites is 1. The third-order valence-corrected chi connectivity index (χ3v) is 6.44. The predicted molar refractivity (Wildman–Crippen MR) is 135 cm³/mol. The normalized spacial score (nSPS) is 14.1. The Bertz CT molecular complexity index is 1340. The van der Waals surface area contributed by atoms with Gasteiger partial charge in [0.15, 0.2) is 0 Å². The highest BCUT2D eigenvalue weighted by molar-refractivity contribution is 6.02. The summed E-state index contributed by atoms with van der Waals surface area (Å²) in [7, 11) is 0. The molecule has 0 N–H and O–H groups in total. The molecule has 0 spiro atoms. The van der Waals surface area contributed by atoms with Gasteiger partial charge in [-0.1, -0.05) is 18.2 Å². The fourth-order valence-corrected chi connectivity index (χ4v) is 4.58. The number of nitro benzene ring substituents is 1. The summed E-state index contributed by atoms with van der Waals surface area (Å²) in [4.78, 5) is 27.8. The predicted octanol–water partition coefficient (Wildman–Crippen LogP) is 4.57. The molecule has 2 aromatic carbocycles. The minimum Gasteiger partial charge on any atom is -0.368 e. The summed E-state index contributed by atoms with van der Waals surface area (Å²) >= 11 is 0. The summed E-state index contributed by atoms with van der Waals surface area (Å²) in [6.07, 6.45) is 1.64. The zero-order chi connectivity index (χ0) is 25.1. The van der Waals surface area contributed by atoms with Crippen LogP contribution in [0.5, 0.6) is 0 Å². The Labute approximate surface area is 204 Å². The SMILES string of the molecule is Cc1cc([N+](=O)[O-])ccc1-n1c(C)cc(/C=C(/C#N)C(=O)N2CCN(c3ccccc3)CC2)c1C. The van der Waals surface area contributed by atoms with Crippen molar-refractivity contribution in [3.05, 3.63) is 92.8 Å². The molecule has 0 atom stereocenters. The van der Waals surface area contributed by atoms with Gasteiger partial charge in [-0.3, -0.25) is 14.9 Å². The summed E-state index contributed by atoms with van der Waals surface area (Å²) in [6.45, 7) is 8.20. The van der Waals surface area contributed by atoms with Crippen molar-refractivity contribution in [1.82, 2.24) is 9.47 Å². The average Bonchev–Trinajstić information content (AvgIpc) is 3.15. The van der Waals surface area contributed by atoms with E-state index in [1.54, 1.807) is 23.1 Å². The van der Waals surface area contributed by atoms with Crippen molar-refractivity contribution < 1.29 is 9.72 Å². The first-order valence-corrected chi connectivity index (χ1v) is 11.5. The molecule has 2 heterocycles. The number of hydrogen-bond donors (Lipinski definition) is 0. The van der Waals surface area contributed by atoms with Crippen LogP contribution in [0, 0.1) is 42.2 Å². The zero-order valence-corrected chi connectivity index (χ0v) is 20.1. The van der Waals surface area contributed by atoms with Gasteiger partial charge in [0.2, 0.25) is 0 Å². The van der Waals surface area contributed by atoms with Crippen molar-refractivity contribution in [2.45, 2.75) is 20.8 Å². The summed E-state index contributed by atoms with van der Waals surface area (Å²) in [5.41, 5.74) is 5.40. The number of carbonyl (C=O) groups is 1. The molecular weight excluding hydrogens is 442 g/mol. The molecule has 3 aromatic rings. The number of benzene rings is 2. The van der Waals surface area contributed by atoms with Gasteiger partial charge in [0.25, 0.3) is 11.6 Å². The Kier molecular flexibility index (Phi) is 6.69. The van der Waals surface area contributed by atoms with Crippen molar-refractivity contribution in [2.75, 3.05) is 31.1 Å². The van der Waals surface area contributed by atoms with E-state index < -0.39 is 4.92 Å². The molecule has 0 bridgehead atoms. The van der Waals surface area contributed by atoms with E-state index in [1.165, 1.54) is 6.07 Å². The average molecular weight is 470 g/mol. The molecule has 0 saturated carbocycles. The lowest BCUT2D eigenvalue weighted by molar-refractivity contribution is -0.384. The molecule has 1 saturated heterocycles. The number of carbonyl (C=O) groups excluding carboxylic acids is 1. The maximum Gasteiger partial charge on any atom is 0.269 e. The van der Waals surface area contributed by atoms with Crippen LogP contribution >= 0.6 is 0 Å². The standard InChI is InChI=1S/C27H27N5O3/c1-19-15-25(32(34)35)9-10-26(19)31-20(2)16-22(21(31)3)17-23(18-28)27(33)30-13-11-29(12-14-30)24-7-5-4-6-8-24/h4-10,15-17H,11-14H2,1-3H3/b23-17-. The quantitative estimate of drug-likeness (QED) is 0.236. The lowest BCUT2D eigenvalue weighted by Crippen LogP contribution is -2.49. The highest BCUT2D eigenvalue weighted by Gasteiger charge is 2.24. The summed E-state index contributed by atoms with van der Waals surface area (Å²) < 4.78 is 1.99. The van der Waals surface area contributed by atoms with E-state index >= 15 is 0 Å². The van der Waals surface area contributed by atoms with Crippen molar-refractivity contribution in [3.8, 4) is 11.8 Å². The van der Waals surface area contributed by atoms with Gasteiger partial charge in [-0.15, -0.1) is 0 Å². The number of amides is 1. The fraction of sp³-hybridized carbons (Fsp3) is 0.259. The van der Waals surface area contributed by atoms with Crippen molar-refractivity contribution in [2.24, 2.45) is 0 Å². The zero-order valence-electron chi connectivity index (χ0n) is 20.1. The highest BCUT2D eigenvalue weighted by atomic mass is 16.6. The van der Waals surface area contributed by atoms with Gasteiger partial charge in [-0.2, -0.15) is 5.26 Å². The van der Waals surface area contributed by atoms with Crippen LogP contribution in [0.25, 0.3) is 11.8 Å². The van der Waals surface area contributed by atoms with Gasteiger partial charge in [-0.05, 0) is 62.2 Å². The number of nitrogens with zero attached hydrogens (tertiary/aromatic N) is 5. The number of non-ortho nitro benzene ring substituents is 1. The number of anilines is 1. The van der Waals surface area contributed by atoms with Crippen molar-refractivity contribution in [3.63, 3.8) is 0 Å². The molecule has 1 aliphatic heterocycles. The molecule has 1 aromatic heterocycles. The molecule has 8 heteroatoms. The number of aryl methyl sites for hydroxylation is 2. The molecule has 1 aliphatic rings. The van der Waals surface area contributed by atoms with Crippen molar-refractivity contribution >= 4 is 23.4 Å². The smallest absolute Gasteiger partial charge is 0.269 e. The highest BCUT2D eigenvalue weighted by Crippen LogP contribution is 2.27. The summed E-state index contributed by atoms with van der Waals surface area (Å²) in [5.74, 6) is -0.267.